The minimum atomic E-state index is -0.116. The van der Waals surface area contributed by atoms with Crippen LogP contribution in [0.3, 0.4) is 0 Å². The highest BCUT2D eigenvalue weighted by molar-refractivity contribution is 6.06. The van der Waals surface area contributed by atoms with E-state index >= 15 is 0 Å². The van der Waals surface area contributed by atoms with Gasteiger partial charge < -0.3 is 9.32 Å². The second kappa shape index (κ2) is 10.3. The van der Waals surface area contributed by atoms with Crippen molar-refractivity contribution in [1.29, 1.82) is 0 Å². The first kappa shape index (κ1) is 29.1. The molecular formula is C48H37NO. The Hall–Kier alpha value is -5.86. The summed E-state index contributed by atoms with van der Waals surface area (Å²) in [5, 5.41) is 2.27. The fraction of sp³-hybridized carbons (Fsp3) is 0.125. The van der Waals surface area contributed by atoms with Crippen molar-refractivity contribution >= 4 is 39.0 Å². The van der Waals surface area contributed by atoms with Crippen LogP contribution in [-0.2, 0) is 10.8 Å². The molecule has 10 rings (SSSR count). The number of hydrogen-bond acceptors (Lipinski definition) is 2. The standard InChI is InChI=1S/C48H37NO/c1-47(2)41-26-23-31(27-39(41)46-34(17-12-19-42(46)47)30-13-6-5-7-14-30)49(33-22-25-38-37-16-9-11-20-44(37)50-45(38)29-33)32-21-24-36-35-15-8-10-18-40(35)48(3,4)43(36)28-32/h5-29H,1-4H3. The predicted molar refractivity (Wildman–Crippen MR) is 209 cm³/mol. The van der Waals surface area contributed by atoms with Crippen molar-refractivity contribution in [2.24, 2.45) is 0 Å². The van der Waals surface area contributed by atoms with Crippen LogP contribution in [0.4, 0.5) is 17.1 Å². The summed E-state index contributed by atoms with van der Waals surface area (Å²) in [5.41, 5.74) is 18.2. The number of fused-ring (bicyclic) bond motifs is 9. The minimum absolute atomic E-state index is 0.109. The molecule has 2 aliphatic carbocycles. The molecule has 50 heavy (non-hydrogen) atoms. The molecule has 0 aliphatic heterocycles. The average Bonchev–Trinajstić information content (AvgIpc) is 3.71. The van der Waals surface area contributed by atoms with Crippen molar-refractivity contribution in [3.63, 3.8) is 0 Å². The van der Waals surface area contributed by atoms with Gasteiger partial charge in [-0.15, -0.1) is 0 Å². The average molecular weight is 644 g/mol. The van der Waals surface area contributed by atoms with E-state index in [-0.39, 0.29) is 10.8 Å². The first-order valence-corrected chi connectivity index (χ1v) is 17.6. The molecule has 240 valence electrons. The van der Waals surface area contributed by atoms with E-state index < -0.39 is 0 Å². The van der Waals surface area contributed by atoms with Crippen molar-refractivity contribution in [2.75, 3.05) is 4.90 Å². The zero-order valence-electron chi connectivity index (χ0n) is 28.8. The Kier molecular flexibility index (Phi) is 6.01. The van der Waals surface area contributed by atoms with Crippen LogP contribution in [0, 0.1) is 0 Å². The van der Waals surface area contributed by atoms with Gasteiger partial charge in [0.05, 0.1) is 0 Å². The normalized spacial score (nSPS) is 14.7. The highest BCUT2D eigenvalue weighted by atomic mass is 16.3. The molecule has 0 bridgehead atoms. The van der Waals surface area contributed by atoms with Gasteiger partial charge >= 0.3 is 0 Å². The SMILES string of the molecule is CC1(C)c2ccccc2-c2ccc(N(c3ccc4c(c3)-c3c(-c5ccccc5)cccc3C4(C)C)c3ccc4c(c3)oc3ccccc34)cc21. The first-order valence-electron chi connectivity index (χ1n) is 17.6. The summed E-state index contributed by atoms with van der Waals surface area (Å²) in [4.78, 5) is 2.42. The zero-order valence-corrected chi connectivity index (χ0v) is 28.8. The van der Waals surface area contributed by atoms with E-state index in [1.165, 1.54) is 55.6 Å². The van der Waals surface area contributed by atoms with Crippen LogP contribution in [0.5, 0.6) is 0 Å². The third kappa shape index (κ3) is 4.02. The quantitative estimate of drug-likeness (QED) is 0.190. The molecule has 0 atom stereocenters. The highest BCUT2D eigenvalue weighted by Gasteiger charge is 2.38. The predicted octanol–water partition coefficient (Wildman–Crippen LogP) is 13.3. The second-order valence-corrected chi connectivity index (χ2v) is 15.0. The molecule has 1 aromatic heterocycles. The Balaban J connectivity index is 1.21. The Morgan fingerprint density at radius 2 is 1.00 bits per heavy atom. The lowest BCUT2D eigenvalue weighted by Crippen LogP contribution is -2.17. The van der Waals surface area contributed by atoms with Gasteiger partial charge in [-0.1, -0.05) is 131 Å². The van der Waals surface area contributed by atoms with E-state index in [0.29, 0.717) is 0 Å². The summed E-state index contributed by atoms with van der Waals surface area (Å²) >= 11 is 0. The number of furan rings is 1. The number of anilines is 3. The van der Waals surface area contributed by atoms with Crippen molar-refractivity contribution < 1.29 is 4.42 Å². The van der Waals surface area contributed by atoms with Gasteiger partial charge in [0.15, 0.2) is 0 Å². The maximum atomic E-state index is 6.45. The lowest BCUT2D eigenvalue weighted by molar-refractivity contribution is 0.660. The van der Waals surface area contributed by atoms with Gasteiger partial charge in [-0.3, -0.25) is 0 Å². The Bertz CT molecular complexity index is 2660. The second-order valence-electron chi connectivity index (χ2n) is 15.0. The van der Waals surface area contributed by atoms with Crippen LogP contribution in [0.2, 0.25) is 0 Å². The molecule has 0 spiro atoms. The molecule has 2 nitrogen and oxygen atoms in total. The van der Waals surface area contributed by atoms with Crippen LogP contribution in [0.25, 0.3) is 55.3 Å². The number of nitrogens with zero attached hydrogens (tertiary/aromatic N) is 1. The third-order valence-corrected chi connectivity index (χ3v) is 11.5. The van der Waals surface area contributed by atoms with Gasteiger partial charge in [0, 0.05) is 44.7 Å². The van der Waals surface area contributed by atoms with Crippen LogP contribution >= 0.6 is 0 Å². The zero-order chi connectivity index (χ0) is 33.8. The third-order valence-electron chi connectivity index (χ3n) is 11.5. The fourth-order valence-electron chi connectivity index (χ4n) is 8.92. The van der Waals surface area contributed by atoms with Crippen LogP contribution < -0.4 is 4.90 Å². The van der Waals surface area contributed by atoms with Crippen LogP contribution in [0.15, 0.2) is 156 Å². The Morgan fingerprint density at radius 1 is 0.400 bits per heavy atom. The molecule has 2 heteroatoms. The van der Waals surface area contributed by atoms with Gasteiger partial charge in [-0.2, -0.15) is 0 Å². The van der Waals surface area contributed by atoms with E-state index in [1.807, 2.05) is 6.07 Å². The first-order chi connectivity index (χ1) is 24.3. The molecule has 1 heterocycles. The maximum absolute atomic E-state index is 6.45. The fourth-order valence-corrected chi connectivity index (χ4v) is 8.92. The smallest absolute Gasteiger partial charge is 0.137 e. The maximum Gasteiger partial charge on any atom is 0.137 e. The van der Waals surface area contributed by atoms with E-state index in [0.717, 1.165) is 39.0 Å². The highest BCUT2D eigenvalue weighted by Crippen LogP contribution is 2.55. The van der Waals surface area contributed by atoms with Gasteiger partial charge in [0.25, 0.3) is 0 Å². The molecule has 0 unspecified atom stereocenters. The number of benzene rings is 7. The molecule has 0 saturated heterocycles. The molecule has 0 saturated carbocycles. The van der Waals surface area contributed by atoms with E-state index in [4.69, 9.17) is 4.42 Å². The molecule has 0 fully saturated rings. The summed E-state index contributed by atoms with van der Waals surface area (Å²) in [7, 11) is 0. The van der Waals surface area contributed by atoms with E-state index in [9.17, 15) is 0 Å². The lowest BCUT2D eigenvalue weighted by atomic mass is 9.82. The van der Waals surface area contributed by atoms with Gasteiger partial charge in [-0.05, 0) is 98.1 Å². The summed E-state index contributed by atoms with van der Waals surface area (Å²) in [6, 6.07) is 55.6. The summed E-state index contributed by atoms with van der Waals surface area (Å²) in [5.74, 6) is 0. The number of rotatable bonds is 4. The summed E-state index contributed by atoms with van der Waals surface area (Å²) in [6.45, 7) is 9.43. The molecule has 7 aromatic carbocycles. The Morgan fingerprint density at radius 3 is 1.88 bits per heavy atom. The topological polar surface area (TPSA) is 16.4 Å². The van der Waals surface area contributed by atoms with Gasteiger partial charge in [-0.25, -0.2) is 0 Å². The van der Waals surface area contributed by atoms with Crippen molar-refractivity contribution in [3.8, 4) is 33.4 Å². The van der Waals surface area contributed by atoms with Gasteiger partial charge in [0.1, 0.15) is 11.2 Å². The number of hydrogen-bond donors (Lipinski definition) is 0. The molecular weight excluding hydrogens is 607 g/mol. The van der Waals surface area contributed by atoms with Crippen molar-refractivity contribution in [1.82, 2.24) is 0 Å². The molecule has 0 radical (unpaired) electrons. The van der Waals surface area contributed by atoms with E-state index in [2.05, 4.69) is 178 Å². The number of para-hydroxylation sites is 1. The summed E-state index contributed by atoms with van der Waals surface area (Å²) < 4.78 is 6.45. The summed E-state index contributed by atoms with van der Waals surface area (Å²) in [6.07, 6.45) is 0. The lowest BCUT2D eigenvalue weighted by Gasteiger charge is -2.29. The Labute approximate surface area is 293 Å². The van der Waals surface area contributed by atoms with Crippen molar-refractivity contribution in [2.45, 2.75) is 38.5 Å². The molecule has 8 aromatic rings. The van der Waals surface area contributed by atoms with E-state index in [1.54, 1.807) is 0 Å². The molecule has 0 N–H and O–H groups in total. The van der Waals surface area contributed by atoms with Crippen molar-refractivity contribution in [3.05, 3.63) is 174 Å². The van der Waals surface area contributed by atoms with Gasteiger partial charge in [0.2, 0.25) is 0 Å². The molecule has 2 aliphatic rings. The monoisotopic (exact) mass is 643 g/mol. The van der Waals surface area contributed by atoms with Crippen LogP contribution in [-0.4, -0.2) is 0 Å². The molecule has 0 amide bonds. The largest absolute Gasteiger partial charge is 0.456 e. The minimum Gasteiger partial charge on any atom is -0.456 e. The van der Waals surface area contributed by atoms with Crippen LogP contribution in [0.1, 0.15) is 49.9 Å².